The highest BCUT2D eigenvalue weighted by atomic mass is 16.1. The minimum Gasteiger partial charge on any atom is -0.330 e. The van der Waals surface area contributed by atoms with Gasteiger partial charge in [-0.15, -0.1) is 5.10 Å². The van der Waals surface area contributed by atoms with Crippen molar-refractivity contribution in [2.24, 2.45) is 5.73 Å². The highest BCUT2D eigenvalue weighted by Crippen LogP contribution is 2.14. The second kappa shape index (κ2) is 6.24. The standard InChI is InChI=1S/C14H18N4O/c1-2-9-18-13(10-16-17-18)14(19)12-6-4-3-5-11(12)7-8-15/h3-6,10H,2,7-9,15H2,1H3. The number of aromatic nitrogens is 3. The van der Waals surface area contributed by atoms with Crippen molar-refractivity contribution in [1.82, 2.24) is 15.0 Å². The molecule has 0 spiro atoms. The summed E-state index contributed by atoms with van der Waals surface area (Å²) < 4.78 is 1.65. The lowest BCUT2D eigenvalue weighted by Gasteiger charge is -2.08. The van der Waals surface area contributed by atoms with Crippen LogP contribution in [0.2, 0.25) is 0 Å². The van der Waals surface area contributed by atoms with E-state index in [4.69, 9.17) is 5.73 Å². The molecule has 1 heterocycles. The summed E-state index contributed by atoms with van der Waals surface area (Å²) in [5.41, 5.74) is 7.78. The van der Waals surface area contributed by atoms with Crippen molar-refractivity contribution in [3.8, 4) is 0 Å². The van der Waals surface area contributed by atoms with Crippen molar-refractivity contribution in [3.05, 3.63) is 47.3 Å². The molecule has 0 aliphatic heterocycles. The summed E-state index contributed by atoms with van der Waals surface area (Å²) in [7, 11) is 0. The first-order valence-corrected chi connectivity index (χ1v) is 6.49. The van der Waals surface area contributed by atoms with Crippen molar-refractivity contribution in [1.29, 1.82) is 0 Å². The van der Waals surface area contributed by atoms with Crippen LogP contribution in [0, 0.1) is 0 Å². The van der Waals surface area contributed by atoms with Crippen LogP contribution in [0.25, 0.3) is 0 Å². The van der Waals surface area contributed by atoms with E-state index < -0.39 is 0 Å². The van der Waals surface area contributed by atoms with E-state index in [2.05, 4.69) is 10.3 Å². The topological polar surface area (TPSA) is 73.8 Å². The Morgan fingerprint density at radius 2 is 2.16 bits per heavy atom. The van der Waals surface area contributed by atoms with E-state index in [0.717, 1.165) is 12.0 Å². The van der Waals surface area contributed by atoms with Gasteiger partial charge in [-0.3, -0.25) is 4.79 Å². The van der Waals surface area contributed by atoms with E-state index in [1.165, 1.54) is 6.20 Å². The third-order valence-corrected chi connectivity index (χ3v) is 2.96. The largest absolute Gasteiger partial charge is 0.330 e. The van der Waals surface area contributed by atoms with E-state index >= 15 is 0 Å². The molecule has 1 aromatic carbocycles. The van der Waals surface area contributed by atoms with Gasteiger partial charge in [0.1, 0.15) is 5.69 Å². The molecule has 1 aromatic heterocycles. The van der Waals surface area contributed by atoms with Crippen LogP contribution in [0.5, 0.6) is 0 Å². The zero-order valence-corrected chi connectivity index (χ0v) is 11.0. The summed E-state index contributed by atoms with van der Waals surface area (Å²) in [5.74, 6) is -0.0394. The molecule has 0 saturated heterocycles. The number of benzene rings is 1. The van der Waals surface area contributed by atoms with Gasteiger partial charge >= 0.3 is 0 Å². The van der Waals surface area contributed by atoms with Crippen LogP contribution < -0.4 is 5.73 Å². The molecule has 0 amide bonds. The summed E-state index contributed by atoms with van der Waals surface area (Å²) in [6, 6.07) is 7.55. The smallest absolute Gasteiger partial charge is 0.212 e. The van der Waals surface area contributed by atoms with Gasteiger partial charge in [0.15, 0.2) is 0 Å². The lowest BCUT2D eigenvalue weighted by Crippen LogP contribution is -2.14. The van der Waals surface area contributed by atoms with Crippen molar-refractivity contribution >= 4 is 5.78 Å². The number of carbonyl (C=O) groups is 1. The molecular weight excluding hydrogens is 240 g/mol. The van der Waals surface area contributed by atoms with Crippen molar-refractivity contribution in [2.75, 3.05) is 6.54 Å². The van der Waals surface area contributed by atoms with Gasteiger partial charge in [-0.2, -0.15) is 0 Å². The van der Waals surface area contributed by atoms with E-state index in [9.17, 15) is 4.79 Å². The van der Waals surface area contributed by atoms with Crippen LogP contribution in [0.15, 0.2) is 30.5 Å². The Kier molecular flexibility index (Phi) is 4.41. The molecule has 2 rings (SSSR count). The van der Waals surface area contributed by atoms with E-state index in [-0.39, 0.29) is 5.78 Å². The second-order valence-electron chi connectivity index (χ2n) is 4.37. The first-order chi connectivity index (χ1) is 9.27. The van der Waals surface area contributed by atoms with Gasteiger partial charge in [-0.1, -0.05) is 36.4 Å². The summed E-state index contributed by atoms with van der Waals surface area (Å²) in [4.78, 5) is 12.6. The average Bonchev–Trinajstić information content (AvgIpc) is 2.88. The van der Waals surface area contributed by atoms with Crippen molar-refractivity contribution in [3.63, 3.8) is 0 Å². The van der Waals surface area contributed by atoms with Gasteiger partial charge in [0.2, 0.25) is 5.78 Å². The number of hydrogen-bond acceptors (Lipinski definition) is 4. The number of nitrogens with two attached hydrogens (primary N) is 1. The lowest BCUT2D eigenvalue weighted by atomic mass is 9.99. The SMILES string of the molecule is CCCn1nncc1C(=O)c1ccccc1CCN. The minimum absolute atomic E-state index is 0.0394. The molecule has 5 nitrogen and oxygen atoms in total. The van der Waals surface area contributed by atoms with Crippen LogP contribution in [0.3, 0.4) is 0 Å². The zero-order valence-electron chi connectivity index (χ0n) is 11.0. The number of carbonyl (C=O) groups excluding carboxylic acids is 1. The van der Waals surface area contributed by atoms with Crippen LogP contribution in [0.4, 0.5) is 0 Å². The number of nitrogens with zero attached hydrogens (tertiary/aromatic N) is 3. The highest BCUT2D eigenvalue weighted by Gasteiger charge is 2.17. The van der Waals surface area contributed by atoms with Crippen LogP contribution >= 0.6 is 0 Å². The van der Waals surface area contributed by atoms with Crippen molar-refractivity contribution in [2.45, 2.75) is 26.3 Å². The molecule has 2 N–H and O–H groups in total. The Morgan fingerprint density at radius 1 is 1.37 bits per heavy atom. The van der Waals surface area contributed by atoms with E-state index in [1.54, 1.807) is 4.68 Å². The molecule has 19 heavy (non-hydrogen) atoms. The Morgan fingerprint density at radius 3 is 2.89 bits per heavy atom. The number of ketones is 1. The Hall–Kier alpha value is -2.01. The van der Waals surface area contributed by atoms with Crippen LogP contribution in [-0.2, 0) is 13.0 Å². The van der Waals surface area contributed by atoms with Crippen LogP contribution in [0.1, 0.15) is 35.0 Å². The molecule has 0 unspecified atom stereocenters. The van der Waals surface area contributed by atoms with Gasteiger partial charge in [-0.05, 0) is 24.9 Å². The lowest BCUT2D eigenvalue weighted by molar-refractivity contribution is 0.102. The number of rotatable bonds is 6. The first-order valence-electron chi connectivity index (χ1n) is 6.49. The van der Waals surface area contributed by atoms with Gasteiger partial charge in [0, 0.05) is 12.1 Å². The van der Waals surface area contributed by atoms with Crippen molar-refractivity contribution < 1.29 is 4.79 Å². The predicted octanol–water partition coefficient (Wildman–Crippen LogP) is 1.42. The average molecular weight is 258 g/mol. The molecule has 0 saturated carbocycles. The third kappa shape index (κ3) is 2.88. The first kappa shape index (κ1) is 13.4. The molecule has 5 heteroatoms. The molecule has 0 fully saturated rings. The molecule has 0 bridgehead atoms. The van der Waals surface area contributed by atoms with Gasteiger partial charge in [0.25, 0.3) is 0 Å². The fraction of sp³-hybridized carbons (Fsp3) is 0.357. The fourth-order valence-electron chi connectivity index (χ4n) is 2.06. The molecule has 2 aromatic rings. The fourth-order valence-corrected chi connectivity index (χ4v) is 2.06. The second-order valence-corrected chi connectivity index (χ2v) is 4.37. The number of aryl methyl sites for hydroxylation is 1. The summed E-state index contributed by atoms with van der Waals surface area (Å²) in [5, 5.41) is 7.78. The molecule has 0 aliphatic carbocycles. The summed E-state index contributed by atoms with van der Waals surface area (Å²) in [6.45, 7) is 3.26. The summed E-state index contributed by atoms with van der Waals surface area (Å²) in [6.07, 6.45) is 3.13. The van der Waals surface area contributed by atoms with E-state index in [0.29, 0.717) is 30.8 Å². The monoisotopic (exact) mass is 258 g/mol. The van der Waals surface area contributed by atoms with Gasteiger partial charge in [0.05, 0.1) is 6.20 Å². The third-order valence-electron chi connectivity index (χ3n) is 2.96. The van der Waals surface area contributed by atoms with Crippen LogP contribution in [-0.4, -0.2) is 27.3 Å². The molecule has 0 atom stereocenters. The normalized spacial score (nSPS) is 10.6. The Balaban J connectivity index is 2.36. The quantitative estimate of drug-likeness (QED) is 0.795. The summed E-state index contributed by atoms with van der Waals surface area (Å²) >= 11 is 0. The van der Waals surface area contributed by atoms with Gasteiger partial charge < -0.3 is 5.73 Å². The highest BCUT2D eigenvalue weighted by molar-refractivity contribution is 6.08. The van der Waals surface area contributed by atoms with E-state index in [1.807, 2.05) is 31.2 Å². The molecule has 100 valence electrons. The zero-order chi connectivity index (χ0) is 13.7. The minimum atomic E-state index is -0.0394. The maximum absolute atomic E-state index is 12.6. The Labute approximate surface area is 112 Å². The molecular formula is C14H18N4O. The molecule has 0 radical (unpaired) electrons. The van der Waals surface area contributed by atoms with Gasteiger partial charge in [-0.25, -0.2) is 4.68 Å². The molecule has 0 aliphatic rings. The Bertz CT molecular complexity index is 562. The maximum Gasteiger partial charge on any atom is 0.212 e. The maximum atomic E-state index is 12.6. The number of hydrogen-bond donors (Lipinski definition) is 1. The predicted molar refractivity (Wildman–Crippen MR) is 72.9 cm³/mol.